The summed E-state index contributed by atoms with van der Waals surface area (Å²) in [6, 6.07) is 4.27. The maximum atomic E-state index is 12.6. The summed E-state index contributed by atoms with van der Waals surface area (Å²) in [7, 11) is 1.37. The molecule has 1 aromatic heterocycles. The van der Waals surface area contributed by atoms with Crippen molar-refractivity contribution in [3.05, 3.63) is 23.9 Å². The summed E-state index contributed by atoms with van der Waals surface area (Å²) in [5, 5.41) is 9.16. The zero-order valence-electron chi connectivity index (χ0n) is 7.25. The zero-order chi connectivity index (χ0) is 10.8. The first kappa shape index (κ1) is 11.3. The third-order valence-corrected chi connectivity index (χ3v) is 1.98. The van der Waals surface area contributed by atoms with E-state index in [1.54, 1.807) is 0 Å². The molecule has 1 unspecified atom stereocenters. The van der Waals surface area contributed by atoms with E-state index in [1.807, 2.05) is 0 Å². The molecule has 0 aliphatic carbocycles. The number of hydrogen-bond acceptors (Lipinski definition) is 3. The molecule has 0 amide bonds. The number of ether oxygens (including phenoxy) is 1. The van der Waals surface area contributed by atoms with E-state index in [-0.39, 0.29) is 11.6 Å². The van der Waals surface area contributed by atoms with Gasteiger partial charge in [-0.3, -0.25) is 0 Å². The molecule has 1 heterocycles. The second-order valence-corrected chi connectivity index (χ2v) is 3.61. The van der Waals surface area contributed by atoms with Gasteiger partial charge in [-0.1, -0.05) is 6.07 Å². The van der Waals surface area contributed by atoms with Gasteiger partial charge in [0.15, 0.2) is 6.10 Å². The van der Waals surface area contributed by atoms with Gasteiger partial charge in [-0.05, 0) is 22.0 Å². The van der Waals surface area contributed by atoms with Crippen LogP contribution >= 0.6 is 15.9 Å². The lowest BCUT2D eigenvalue weighted by Crippen LogP contribution is -2.19. The van der Waals surface area contributed by atoms with Crippen LogP contribution in [0.5, 0.6) is 5.88 Å². The molecule has 6 heteroatoms. The smallest absolute Gasteiger partial charge is 0.332 e. The molecule has 0 saturated heterocycles. The molecular formula is C8H8BrF2NO2. The average Bonchev–Trinajstić information content (AvgIpc) is 2.15. The van der Waals surface area contributed by atoms with Crippen molar-refractivity contribution >= 4 is 15.9 Å². The van der Waals surface area contributed by atoms with E-state index in [9.17, 15) is 8.78 Å². The Kier molecular flexibility index (Phi) is 3.38. The first-order valence-electron chi connectivity index (χ1n) is 3.71. The maximum Gasteiger partial charge on any atom is 0.332 e. The fraction of sp³-hybridized carbons (Fsp3) is 0.375. The van der Waals surface area contributed by atoms with Gasteiger partial charge in [-0.25, -0.2) is 4.98 Å². The SMILES string of the molecule is COc1cccc(C(O)C(F)(F)Br)n1. The predicted molar refractivity (Wildman–Crippen MR) is 49.6 cm³/mol. The van der Waals surface area contributed by atoms with E-state index in [0.717, 1.165) is 0 Å². The number of pyridine rings is 1. The number of rotatable bonds is 3. The number of aromatic nitrogens is 1. The van der Waals surface area contributed by atoms with Crippen molar-refractivity contribution in [2.24, 2.45) is 0 Å². The lowest BCUT2D eigenvalue weighted by atomic mass is 10.2. The van der Waals surface area contributed by atoms with Crippen LogP contribution in [0.2, 0.25) is 0 Å². The summed E-state index contributed by atoms with van der Waals surface area (Å²) < 4.78 is 30.0. The summed E-state index contributed by atoms with van der Waals surface area (Å²) in [4.78, 5) is 0.279. The van der Waals surface area contributed by atoms with Gasteiger partial charge in [-0.15, -0.1) is 0 Å². The van der Waals surface area contributed by atoms with E-state index in [4.69, 9.17) is 9.84 Å². The molecule has 0 bridgehead atoms. The van der Waals surface area contributed by atoms with Crippen molar-refractivity contribution in [3.63, 3.8) is 0 Å². The summed E-state index contributed by atoms with van der Waals surface area (Å²) >= 11 is 2.06. The van der Waals surface area contributed by atoms with Crippen LogP contribution in [0.15, 0.2) is 18.2 Å². The Bertz CT molecular complexity index is 316. The molecule has 0 aliphatic heterocycles. The molecule has 0 fully saturated rings. The highest BCUT2D eigenvalue weighted by Crippen LogP contribution is 2.36. The number of halogens is 3. The third kappa shape index (κ3) is 2.62. The average molecular weight is 268 g/mol. The van der Waals surface area contributed by atoms with Crippen LogP contribution in [0, 0.1) is 0 Å². The molecule has 0 spiro atoms. The lowest BCUT2D eigenvalue weighted by Gasteiger charge is -2.15. The molecule has 0 aromatic carbocycles. The Labute approximate surface area is 87.9 Å². The van der Waals surface area contributed by atoms with Crippen molar-refractivity contribution in [1.29, 1.82) is 0 Å². The van der Waals surface area contributed by atoms with Crippen molar-refractivity contribution in [2.45, 2.75) is 10.9 Å². The minimum Gasteiger partial charge on any atom is -0.481 e. The first-order chi connectivity index (χ1) is 6.45. The van der Waals surface area contributed by atoms with E-state index in [0.29, 0.717) is 0 Å². The number of nitrogens with zero attached hydrogens (tertiary/aromatic N) is 1. The lowest BCUT2D eigenvalue weighted by molar-refractivity contribution is -0.0318. The van der Waals surface area contributed by atoms with E-state index in [1.165, 1.54) is 25.3 Å². The maximum absolute atomic E-state index is 12.6. The molecule has 1 aromatic rings. The van der Waals surface area contributed by atoms with Gasteiger partial charge in [0.1, 0.15) is 0 Å². The quantitative estimate of drug-likeness (QED) is 0.854. The van der Waals surface area contributed by atoms with Crippen molar-refractivity contribution in [2.75, 3.05) is 7.11 Å². The highest BCUT2D eigenvalue weighted by Gasteiger charge is 2.37. The van der Waals surface area contributed by atoms with Crippen molar-refractivity contribution < 1.29 is 18.6 Å². The van der Waals surface area contributed by atoms with Crippen LogP contribution in [-0.2, 0) is 0 Å². The summed E-state index contributed by atoms with van der Waals surface area (Å²) in [5.41, 5.74) is -0.147. The normalized spacial score (nSPS) is 13.8. The number of methoxy groups -OCH3 is 1. The molecular weight excluding hydrogens is 260 g/mol. The Balaban J connectivity index is 2.95. The van der Waals surface area contributed by atoms with Crippen LogP contribution in [0.4, 0.5) is 8.78 Å². The molecule has 78 valence electrons. The Hall–Kier alpha value is -0.750. The van der Waals surface area contributed by atoms with Crippen LogP contribution in [0.3, 0.4) is 0 Å². The number of hydrogen-bond donors (Lipinski definition) is 1. The molecule has 1 atom stereocenters. The third-order valence-electron chi connectivity index (χ3n) is 1.54. The first-order valence-corrected chi connectivity index (χ1v) is 4.50. The molecule has 14 heavy (non-hydrogen) atoms. The second-order valence-electron chi connectivity index (χ2n) is 2.55. The highest BCUT2D eigenvalue weighted by atomic mass is 79.9. The molecule has 0 saturated carbocycles. The van der Waals surface area contributed by atoms with Crippen molar-refractivity contribution in [1.82, 2.24) is 4.98 Å². The minimum absolute atomic E-state index is 0.147. The van der Waals surface area contributed by atoms with Gasteiger partial charge < -0.3 is 9.84 Å². The van der Waals surface area contributed by atoms with Crippen molar-refractivity contribution in [3.8, 4) is 5.88 Å². The van der Waals surface area contributed by atoms with Crippen LogP contribution < -0.4 is 4.74 Å². The van der Waals surface area contributed by atoms with E-state index in [2.05, 4.69) is 20.9 Å². The monoisotopic (exact) mass is 267 g/mol. The Morgan fingerprint density at radius 3 is 2.71 bits per heavy atom. The molecule has 0 aliphatic rings. The summed E-state index contributed by atoms with van der Waals surface area (Å²) in [6.45, 7) is 0. The van der Waals surface area contributed by atoms with E-state index < -0.39 is 10.9 Å². The van der Waals surface area contributed by atoms with Crippen LogP contribution in [-0.4, -0.2) is 22.0 Å². The highest BCUT2D eigenvalue weighted by molar-refractivity contribution is 9.10. The van der Waals surface area contributed by atoms with Gasteiger partial charge in [0.2, 0.25) is 5.88 Å². The van der Waals surface area contributed by atoms with Crippen LogP contribution in [0.25, 0.3) is 0 Å². The molecule has 3 nitrogen and oxygen atoms in total. The minimum atomic E-state index is -3.40. The number of aliphatic hydroxyl groups excluding tert-OH is 1. The van der Waals surface area contributed by atoms with Gasteiger partial charge >= 0.3 is 4.83 Å². The fourth-order valence-corrected chi connectivity index (χ4v) is 1.10. The summed E-state index contributed by atoms with van der Waals surface area (Å²) in [5.74, 6) is 0.179. The summed E-state index contributed by atoms with van der Waals surface area (Å²) in [6.07, 6.45) is -1.99. The topological polar surface area (TPSA) is 42.4 Å². The van der Waals surface area contributed by atoms with Gasteiger partial charge in [0.25, 0.3) is 0 Å². The number of alkyl halides is 3. The molecule has 1 rings (SSSR count). The van der Waals surface area contributed by atoms with Gasteiger partial charge in [0.05, 0.1) is 12.8 Å². The van der Waals surface area contributed by atoms with Gasteiger partial charge in [-0.2, -0.15) is 8.78 Å². The van der Waals surface area contributed by atoms with Crippen LogP contribution in [0.1, 0.15) is 11.8 Å². The predicted octanol–water partition coefficient (Wildman–Crippen LogP) is 2.11. The Morgan fingerprint density at radius 1 is 1.57 bits per heavy atom. The fourth-order valence-electron chi connectivity index (χ4n) is 0.864. The second kappa shape index (κ2) is 4.18. The van der Waals surface area contributed by atoms with Gasteiger partial charge in [0, 0.05) is 6.07 Å². The molecule has 0 radical (unpaired) electrons. The standard InChI is InChI=1S/C8H8BrF2NO2/c1-14-6-4-2-3-5(12-6)7(13)8(9,10)11/h2-4,7,13H,1H3. The van der Waals surface area contributed by atoms with E-state index >= 15 is 0 Å². The largest absolute Gasteiger partial charge is 0.481 e. The Morgan fingerprint density at radius 2 is 2.21 bits per heavy atom. The zero-order valence-corrected chi connectivity index (χ0v) is 8.83. The molecule has 1 N–H and O–H groups in total. The number of aliphatic hydroxyl groups is 1.